The zero-order valence-electron chi connectivity index (χ0n) is 7.28. The van der Waals surface area contributed by atoms with Gasteiger partial charge in [-0.1, -0.05) is 12.1 Å². The van der Waals surface area contributed by atoms with E-state index in [-0.39, 0.29) is 5.76 Å². The molecule has 0 fully saturated rings. The van der Waals surface area contributed by atoms with Gasteiger partial charge in [-0.2, -0.15) is 0 Å². The van der Waals surface area contributed by atoms with E-state index >= 15 is 0 Å². The van der Waals surface area contributed by atoms with Gasteiger partial charge in [0.25, 0.3) is 0 Å². The summed E-state index contributed by atoms with van der Waals surface area (Å²) in [6.07, 6.45) is 0. The van der Waals surface area contributed by atoms with Crippen molar-refractivity contribution >= 4 is 22.6 Å². The Balaban J connectivity index is 2.68. The topological polar surface area (TPSA) is 94.3 Å². The molecule has 1 aromatic carbocycles. The van der Waals surface area contributed by atoms with E-state index in [4.69, 9.17) is 16.0 Å². The minimum absolute atomic E-state index is 0.0497. The lowest BCUT2D eigenvalue weighted by atomic mass is 10.2. The molecule has 0 spiro atoms. The number of hydrogen-bond acceptors (Lipinski definition) is 4. The quantitative estimate of drug-likeness (QED) is 0.350. The van der Waals surface area contributed by atoms with Gasteiger partial charge in [0.1, 0.15) is 5.58 Å². The van der Waals surface area contributed by atoms with Crippen molar-refractivity contribution in [3.8, 4) is 0 Å². The molecule has 72 valence electrons. The molecule has 0 aliphatic rings. The second-order valence-corrected chi connectivity index (χ2v) is 2.81. The fourth-order valence-corrected chi connectivity index (χ4v) is 1.30. The molecule has 5 heteroatoms. The Labute approximate surface area is 79.6 Å². The highest BCUT2D eigenvalue weighted by molar-refractivity contribution is 6.05. The molecule has 0 unspecified atom stereocenters. The summed E-state index contributed by atoms with van der Waals surface area (Å²) in [6.45, 7) is 0. The average molecular weight is 191 g/mol. The van der Waals surface area contributed by atoms with Gasteiger partial charge in [0.05, 0.1) is 5.69 Å². The number of nitrogens with two attached hydrogens (primary N) is 2. The van der Waals surface area contributed by atoms with Crippen LogP contribution in [0.4, 0.5) is 5.69 Å². The van der Waals surface area contributed by atoms with Gasteiger partial charge in [-0.3, -0.25) is 10.2 Å². The van der Waals surface area contributed by atoms with Crippen LogP contribution in [-0.4, -0.2) is 5.91 Å². The highest BCUT2D eigenvalue weighted by atomic mass is 16.3. The van der Waals surface area contributed by atoms with Crippen LogP contribution in [0.2, 0.25) is 0 Å². The van der Waals surface area contributed by atoms with Gasteiger partial charge in [0.2, 0.25) is 5.76 Å². The van der Waals surface area contributed by atoms with Gasteiger partial charge in [-0.05, 0) is 12.1 Å². The monoisotopic (exact) mass is 191 g/mol. The predicted molar refractivity (Wildman–Crippen MR) is 52.3 cm³/mol. The Hall–Kier alpha value is -2.01. The van der Waals surface area contributed by atoms with Crippen LogP contribution in [0.15, 0.2) is 28.7 Å². The van der Waals surface area contributed by atoms with Crippen molar-refractivity contribution in [1.29, 1.82) is 0 Å². The number of rotatable bonds is 1. The van der Waals surface area contributed by atoms with Gasteiger partial charge >= 0.3 is 5.91 Å². The molecular weight excluding hydrogens is 182 g/mol. The third-order valence-electron chi connectivity index (χ3n) is 1.97. The lowest BCUT2D eigenvalue weighted by Crippen LogP contribution is -2.30. The smallest absolute Gasteiger partial charge is 0.303 e. The number of fused-ring (bicyclic) bond motifs is 1. The third-order valence-corrected chi connectivity index (χ3v) is 1.97. The Bertz CT molecular complexity index is 490. The summed E-state index contributed by atoms with van der Waals surface area (Å²) < 4.78 is 5.23. The SMILES string of the molecule is NNC(=O)c1oc2ccccc2c1N. The number of nitrogens with one attached hydrogen (secondary N) is 1. The molecule has 0 aliphatic carbocycles. The average Bonchev–Trinajstić information content (AvgIpc) is 2.56. The van der Waals surface area contributed by atoms with Crippen LogP contribution in [0.3, 0.4) is 0 Å². The van der Waals surface area contributed by atoms with E-state index in [0.717, 1.165) is 0 Å². The minimum atomic E-state index is -0.529. The Morgan fingerprint density at radius 2 is 2.07 bits per heavy atom. The molecular formula is C9H9N3O2. The fraction of sp³-hybridized carbons (Fsp3) is 0. The number of hydrogen-bond donors (Lipinski definition) is 3. The first-order valence-electron chi connectivity index (χ1n) is 4.02. The van der Waals surface area contributed by atoms with E-state index in [1.54, 1.807) is 18.2 Å². The van der Waals surface area contributed by atoms with Gasteiger partial charge in [-0.15, -0.1) is 0 Å². The van der Waals surface area contributed by atoms with E-state index in [2.05, 4.69) is 0 Å². The van der Waals surface area contributed by atoms with Crippen molar-refractivity contribution in [2.24, 2.45) is 5.84 Å². The van der Waals surface area contributed by atoms with Crippen LogP contribution in [0, 0.1) is 0 Å². The lowest BCUT2D eigenvalue weighted by molar-refractivity contribution is 0.0929. The van der Waals surface area contributed by atoms with Crippen molar-refractivity contribution in [3.63, 3.8) is 0 Å². The maximum atomic E-state index is 11.2. The van der Waals surface area contributed by atoms with E-state index in [1.807, 2.05) is 11.5 Å². The zero-order valence-corrected chi connectivity index (χ0v) is 7.28. The molecule has 2 rings (SSSR count). The number of carbonyl (C=O) groups excluding carboxylic acids is 1. The number of hydrazine groups is 1. The van der Waals surface area contributed by atoms with Crippen molar-refractivity contribution in [2.75, 3.05) is 5.73 Å². The summed E-state index contributed by atoms with van der Waals surface area (Å²) in [4.78, 5) is 11.2. The van der Waals surface area contributed by atoms with Gasteiger partial charge in [0.15, 0.2) is 0 Å². The molecule has 14 heavy (non-hydrogen) atoms. The Morgan fingerprint density at radius 3 is 2.71 bits per heavy atom. The van der Waals surface area contributed by atoms with Crippen molar-refractivity contribution in [2.45, 2.75) is 0 Å². The van der Waals surface area contributed by atoms with Gasteiger partial charge in [-0.25, -0.2) is 5.84 Å². The summed E-state index contributed by atoms with van der Waals surface area (Å²) in [6, 6.07) is 7.13. The molecule has 2 aromatic rings. The highest BCUT2D eigenvalue weighted by Crippen LogP contribution is 2.27. The zero-order chi connectivity index (χ0) is 10.1. The maximum absolute atomic E-state index is 11.2. The first-order chi connectivity index (χ1) is 6.74. The first-order valence-corrected chi connectivity index (χ1v) is 4.02. The number of nitrogen functional groups attached to an aromatic ring is 2. The molecule has 5 N–H and O–H groups in total. The number of benzene rings is 1. The van der Waals surface area contributed by atoms with Gasteiger partial charge < -0.3 is 10.2 Å². The largest absolute Gasteiger partial charge is 0.449 e. The summed E-state index contributed by atoms with van der Waals surface area (Å²) in [5.74, 6) is 4.50. The van der Waals surface area contributed by atoms with E-state index in [1.165, 1.54) is 0 Å². The number of carbonyl (C=O) groups is 1. The summed E-state index contributed by atoms with van der Waals surface area (Å²) >= 11 is 0. The lowest BCUT2D eigenvalue weighted by Gasteiger charge is -1.94. The normalized spacial score (nSPS) is 10.4. The van der Waals surface area contributed by atoms with Crippen molar-refractivity contribution < 1.29 is 9.21 Å². The van der Waals surface area contributed by atoms with Crippen LogP contribution in [0.1, 0.15) is 10.6 Å². The van der Waals surface area contributed by atoms with Crippen LogP contribution in [0.25, 0.3) is 11.0 Å². The molecule has 1 heterocycles. The fourth-order valence-electron chi connectivity index (χ4n) is 1.30. The molecule has 0 aliphatic heterocycles. The molecule has 1 amide bonds. The van der Waals surface area contributed by atoms with Crippen molar-refractivity contribution in [3.05, 3.63) is 30.0 Å². The number of furan rings is 1. The van der Waals surface area contributed by atoms with Crippen molar-refractivity contribution in [1.82, 2.24) is 5.43 Å². The minimum Gasteiger partial charge on any atom is -0.449 e. The molecule has 0 saturated carbocycles. The molecule has 1 aromatic heterocycles. The molecule has 5 nitrogen and oxygen atoms in total. The number of para-hydroxylation sites is 1. The van der Waals surface area contributed by atoms with Gasteiger partial charge in [0, 0.05) is 5.39 Å². The summed E-state index contributed by atoms with van der Waals surface area (Å²) in [7, 11) is 0. The standard InChI is InChI=1S/C9H9N3O2/c10-7-5-3-1-2-4-6(5)14-8(7)9(13)12-11/h1-4H,10-11H2,(H,12,13). The van der Waals surface area contributed by atoms with E-state index in [0.29, 0.717) is 16.7 Å². The second-order valence-electron chi connectivity index (χ2n) is 2.81. The second kappa shape index (κ2) is 3.04. The Kier molecular flexibility index (Phi) is 1.86. The van der Waals surface area contributed by atoms with E-state index in [9.17, 15) is 4.79 Å². The summed E-state index contributed by atoms with van der Waals surface area (Å²) in [5.41, 5.74) is 8.56. The maximum Gasteiger partial charge on any atom is 0.303 e. The van der Waals surface area contributed by atoms with E-state index < -0.39 is 5.91 Å². The van der Waals surface area contributed by atoms with Crippen LogP contribution >= 0.6 is 0 Å². The predicted octanol–water partition coefficient (Wildman–Crippen LogP) is 0.618. The molecule has 0 atom stereocenters. The van der Waals surface area contributed by atoms with Crippen LogP contribution in [-0.2, 0) is 0 Å². The number of anilines is 1. The molecule has 0 radical (unpaired) electrons. The molecule has 0 saturated heterocycles. The number of amides is 1. The highest BCUT2D eigenvalue weighted by Gasteiger charge is 2.16. The Morgan fingerprint density at radius 1 is 1.36 bits per heavy atom. The third kappa shape index (κ3) is 1.11. The van der Waals surface area contributed by atoms with Crippen LogP contribution < -0.4 is 17.0 Å². The first kappa shape index (κ1) is 8.58. The van der Waals surface area contributed by atoms with Crippen LogP contribution in [0.5, 0.6) is 0 Å². The summed E-state index contributed by atoms with van der Waals surface area (Å²) in [5, 5.41) is 0.714. The molecule has 0 bridgehead atoms.